The van der Waals surface area contributed by atoms with Gasteiger partial charge in [-0.2, -0.15) is 5.10 Å². The standard InChI is InChI=1S/C26H19ClFN3O/c1-17-2-4-18(5-3-17)16-29-31-26(32)21-14-24(19-6-10-22(27)11-7-19)30-25(15-21)20-8-12-23(28)13-9-20/h2-16H,1H3,(H,31,32)/b29-16-. The second kappa shape index (κ2) is 9.54. The van der Waals surface area contributed by atoms with Gasteiger partial charge in [0.15, 0.2) is 0 Å². The molecular weight excluding hydrogens is 425 g/mol. The first-order chi connectivity index (χ1) is 15.5. The van der Waals surface area contributed by atoms with E-state index in [9.17, 15) is 9.18 Å². The normalized spacial score (nSPS) is 11.0. The SMILES string of the molecule is Cc1ccc(/C=N\NC(=O)c2cc(-c3ccc(F)cc3)nc(-c3ccc(Cl)cc3)c2)cc1. The Labute approximate surface area is 190 Å². The molecule has 0 radical (unpaired) electrons. The highest BCUT2D eigenvalue weighted by molar-refractivity contribution is 6.30. The second-order valence-corrected chi connectivity index (χ2v) is 7.69. The minimum atomic E-state index is -0.380. The molecule has 0 bridgehead atoms. The lowest BCUT2D eigenvalue weighted by Gasteiger charge is -2.09. The number of aryl methyl sites for hydroxylation is 1. The predicted molar refractivity (Wildman–Crippen MR) is 126 cm³/mol. The Morgan fingerprint density at radius 2 is 1.47 bits per heavy atom. The average molecular weight is 444 g/mol. The van der Waals surface area contributed by atoms with Gasteiger partial charge in [-0.15, -0.1) is 0 Å². The number of benzene rings is 3. The van der Waals surface area contributed by atoms with Gasteiger partial charge in [-0.25, -0.2) is 14.8 Å². The van der Waals surface area contributed by atoms with E-state index in [4.69, 9.17) is 11.6 Å². The third-order valence-electron chi connectivity index (χ3n) is 4.82. The lowest BCUT2D eigenvalue weighted by Crippen LogP contribution is -2.18. The van der Waals surface area contributed by atoms with Crippen LogP contribution in [-0.4, -0.2) is 17.1 Å². The van der Waals surface area contributed by atoms with E-state index in [0.717, 1.165) is 16.7 Å². The molecule has 0 aliphatic heterocycles. The lowest BCUT2D eigenvalue weighted by molar-refractivity contribution is 0.0955. The molecule has 0 spiro atoms. The summed E-state index contributed by atoms with van der Waals surface area (Å²) in [4.78, 5) is 17.5. The molecular formula is C26H19ClFN3O. The minimum absolute atomic E-state index is 0.342. The predicted octanol–water partition coefficient (Wildman–Crippen LogP) is 6.28. The van der Waals surface area contributed by atoms with Gasteiger partial charge in [0, 0.05) is 21.7 Å². The van der Waals surface area contributed by atoms with Crippen molar-refractivity contribution in [3.63, 3.8) is 0 Å². The van der Waals surface area contributed by atoms with E-state index < -0.39 is 0 Å². The van der Waals surface area contributed by atoms with Gasteiger partial charge in [0.2, 0.25) is 0 Å². The highest BCUT2D eigenvalue weighted by Gasteiger charge is 2.12. The average Bonchev–Trinajstić information content (AvgIpc) is 2.81. The fraction of sp³-hybridized carbons (Fsp3) is 0.0385. The van der Waals surface area contributed by atoms with Crippen molar-refractivity contribution in [2.75, 3.05) is 0 Å². The van der Waals surface area contributed by atoms with Crippen molar-refractivity contribution in [2.24, 2.45) is 5.10 Å². The van der Waals surface area contributed by atoms with E-state index in [1.165, 1.54) is 12.1 Å². The molecule has 6 heteroatoms. The number of carbonyl (C=O) groups excluding carboxylic acids is 1. The van der Waals surface area contributed by atoms with Gasteiger partial charge >= 0.3 is 0 Å². The zero-order valence-electron chi connectivity index (χ0n) is 17.2. The van der Waals surface area contributed by atoms with Crippen LogP contribution in [0.15, 0.2) is 90.0 Å². The third kappa shape index (κ3) is 5.25. The van der Waals surface area contributed by atoms with Crippen LogP contribution in [0.3, 0.4) is 0 Å². The van der Waals surface area contributed by atoms with Crippen molar-refractivity contribution in [3.05, 3.63) is 112 Å². The first-order valence-corrected chi connectivity index (χ1v) is 10.3. The van der Waals surface area contributed by atoms with Crippen LogP contribution >= 0.6 is 11.6 Å². The van der Waals surface area contributed by atoms with Crippen LogP contribution in [0.5, 0.6) is 0 Å². The monoisotopic (exact) mass is 443 g/mol. The van der Waals surface area contributed by atoms with Crippen molar-refractivity contribution < 1.29 is 9.18 Å². The van der Waals surface area contributed by atoms with Gasteiger partial charge < -0.3 is 0 Å². The number of rotatable bonds is 5. The molecule has 0 saturated heterocycles. The largest absolute Gasteiger partial charge is 0.271 e. The molecule has 0 aliphatic rings. The summed E-state index contributed by atoms with van der Waals surface area (Å²) in [5.41, 5.74) is 7.59. The number of halogens is 2. The van der Waals surface area contributed by atoms with Gasteiger partial charge in [-0.05, 0) is 61.0 Å². The summed E-state index contributed by atoms with van der Waals surface area (Å²) >= 11 is 6.00. The Hall–Kier alpha value is -3.83. The number of carbonyl (C=O) groups is 1. The maximum absolute atomic E-state index is 13.4. The molecule has 0 unspecified atom stereocenters. The van der Waals surface area contributed by atoms with Crippen LogP contribution in [0.4, 0.5) is 4.39 Å². The van der Waals surface area contributed by atoms with Crippen LogP contribution in [0.2, 0.25) is 5.02 Å². The molecule has 4 nitrogen and oxygen atoms in total. The number of pyridine rings is 1. The number of aromatic nitrogens is 1. The van der Waals surface area contributed by atoms with Gasteiger partial charge in [-0.1, -0.05) is 53.6 Å². The van der Waals surface area contributed by atoms with Crippen LogP contribution in [0.1, 0.15) is 21.5 Å². The van der Waals surface area contributed by atoms with Gasteiger partial charge in [-0.3, -0.25) is 4.79 Å². The van der Waals surface area contributed by atoms with E-state index in [2.05, 4.69) is 15.5 Å². The Balaban J connectivity index is 1.66. The zero-order chi connectivity index (χ0) is 22.5. The summed E-state index contributed by atoms with van der Waals surface area (Å²) in [5.74, 6) is -0.722. The van der Waals surface area contributed by atoms with Crippen LogP contribution in [0.25, 0.3) is 22.5 Å². The molecule has 4 aromatic rings. The zero-order valence-corrected chi connectivity index (χ0v) is 18.0. The van der Waals surface area contributed by atoms with Gasteiger partial charge in [0.25, 0.3) is 5.91 Å². The van der Waals surface area contributed by atoms with Crippen molar-refractivity contribution >= 4 is 23.7 Å². The molecule has 0 aliphatic carbocycles. The van der Waals surface area contributed by atoms with Crippen LogP contribution < -0.4 is 5.43 Å². The number of amides is 1. The minimum Gasteiger partial charge on any atom is -0.267 e. The van der Waals surface area contributed by atoms with E-state index in [0.29, 0.717) is 27.5 Å². The van der Waals surface area contributed by atoms with Crippen LogP contribution in [-0.2, 0) is 0 Å². The van der Waals surface area contributed by atoms with Gasteiger partial charge in [0.05, 0.1) is 17.6 Å². The lowest BCUT2D eigenvalue weighted by atomic mass is 10.0. The Kier molecular flexibility index (Phi) is 6.38. The Morgan fingerprint density at radius 1 is 0.906 bits per heavy atom. The first-order valence-electron chi connectivity index (χ1n) is 9.92. The van der Waals surface area contributed by atoms with Crippen molar-refractivity contribution in [3.8, 4) is 22.5 Å². The smallest absolute Gasteiger partial charge is 0.267 e. The fourth-order valence-electron chi connectivity index (χ4n) is 3.08. The fourth-order valence-corrected chi connectivity index (χ4v) is 3.21. The molecule has 1 heterocycles. The first kappa shape index (κ1) is 21.4. The van der Waals surface area contributed by atoms with Crippen LogP contribution in [0, 0.1) is 12.7 Å². The molecule has 0 saturated carbocycles. The molecule has 3 aromatic carbocycles. The Morgan fingerprint density at radius 3 is 2.06 bits per heavy atom. The third-order valence-corrected chi connectivity index (χ3v) is 5.08. The number of hydrazone groups is 1. The molecule has 1 N–H and O–H groups in total. The molecule has 4 rings (SSSR count). The molecule has 1 amide bonds. The van der Waals surface area contributed by atoms with E-state index in [1.807, 2.05) is 43.3 Å². The summed E-state index contributed by atoms with van der Waals surface area (Å²) in [7, 11) is 0. The second-order valence-electron chi connectivity index (χ2n) is 7.25. The van der Waals surface area contributed by atoms with Gasteiger partial charge in [0.1, 0.15) is 5.82 Å². The molecule has 1 aromatic heterocycles. The highest BCUT2D eigenvalue weighted by atomic mass is 35.5. The van der Waals surface area contributed by atoms with Crippen molar-refractivity contribution in [2.45, 2.75) is 6.92 Å². The van der Waals surface area contributed by atoms with E-state index in [-0.39, 0.29) is 11.7 Å². The van der Waals surface area contributed by atoms with Crippen molar-refractivity contribution in [1.29, 1.82) is 0 Å². The maximum atomic E-state index is 13.4. The summed E-state index contributed by atoms with van der Waals surface area (Å²) in [6.07, 6.45) is 1.58. The summed E-state index contributed by atoms with van der Waals surface area (Å²) in [6.45, 7) is 2.00. The van der Waals surface area contributed by atoms with Crippen molar-refractivity contribution in [1.82, 2.24) is 10.4 Å². The summed E-state index contributed by atoms with van der Waals surface area (Å²) < 4.78 is 13.4. The number of hydrogen-bond donors (Lipinski definition) is 1. The molecule has 0 atom stereocenters. The summed E-state index contributed by atoms with van der Waals surface area (Å²) in [6, 6.07) is 24.3. The maximum Gasteiger partial charge on any atom is 0.271 e. The Bertz CT molecular complexity index is 1200. The number of nitrogens with zero attached hydrogens (tertiary/aromatic N) is 2. The van der Waals surface area contributed by atoms with E-state index >= 15 is 0 Å². The molecule has 0 fully saturated rings. The topological polar surface area (TPSA) is 54.4 Å². The van der Waals surface area contributed by atoms with E-state index in [1.54, 1.807) is 42.6 Å². The summed E-state index contributed by atoms with van der Waals surface area (Å²) in [5, 5.41) is 4.67. The quantitative estimate of drug-likeness (QED) is 0.291. The highest BCUT2D eigenvalue weighted by Crippen LogP contribution is 2.26. The molecule has 158 valence electrons. The molecule has 32 heavy (non-hydrogen) atoms. The number of hydrogen-bond acceptors (Lipinski definition) is 3. The number of nitrogens with one attached hydrogen (secondary N) is 1.